The van der Waals surface area contributed by atoms with Gasteiger partial charge in [-0.05, 0) is 36.4 Å². The van der Waals surface area contributed by atoms with E-state index in [1.54, 1.807) is 36.7 Å². The van der Waals surface area contributed by atoms with Gasteiger partial charge in [-0.15, -0.1) is 0 Å². The molecular formula is C23H28N6O4S. The molecule has 2 aromatic heterocycles. The Kier molecular flexibility index (Phi) is 7.43. The summed E-state index contributed by atoms with van der Waals surface area (Å²) in [6, 6.07) is 12.4. The topological polar surface area (TPSA) is 110 Å². The zero-order valence-electron chi connectivity index (χ0n) is 19.0. The molecule has 11 heteroatoms. The average Bonchev–Trinajstić information content (AvgIpc) is 3.28. The molecule has 0 atom stereocenters. The number of pyridine rings is 1. The largest absolute Gasteiger partial charge is 0.486 e. The van der Waals surface area contributed by atoms with Crippen molar-refractivity contribution in [2.75, 3.05) is 43.4 Å². The minimum atomic E-state index is -3.46. The maximum Gasteiger partial charge on any atom is 0.251 e. The number of carbonyl (C=O) groups excluding carboxylic acids is 1. The number of carbonyl (C=O) groups is 1. The summed E-state index contributed by atoms with van der Waals surface area (Å²) in [6.45, 7) is 2.32. The van der Waals surface area contributed by atoms with Crippen LogP contribution in [0.4, 0.5) is 5.82 Å². The molecule has 0 saturated carbocycles. The van der Waals surface area contributed by atoms with E-state index in [9.17, 15) is 13.2 Å². The summed E-state index contributed by atoms with van der Waals surface area (Å²) < 4.78 is 34.4. The zero-order chi connectivity index (χ0) is 24.0. The van der Waals surface area contributed by atoms with Gasteiger partial charge in [0.25, 0.3) is 5.91 Å². The minimum Gasteiger partial charge on any atom is -0.486 e. The summed E-state index contributed by atoms with van der Waals surface area (Å²) in [6.07, 6.45) is 5.27. The fourth-order valence-electron chi connectivity index (χ4n) is 3.65. The number of ether oxygens (including phenoxy) is 1. The normalized spacial score (nSPS) is 14.7. The van der Waals surface area contributed by atoms with Crippen LogP contribution >= 0.6 is 0 Å². The molecule has 1 aliphatic rings. The Morgan fingerprint density at radius 3 is 2.44 bits per heavy atom. The SMILES string of the molecule is Cn1ccnc1COc1ccc(C(=O)NCCS(=O)(=O)N2CCN(c3ccccn3)CC2)cc1. The van der Waals surface area contributed by atoms with E-state index in [2.05, 4.69) is 20.2 Å². The molecule has 1 amide bonds. The number of aromatic nitrogens is 3. The molecule has 1 aromatic carbocycles. The smallest absolute Gasteiger partial charge is 0.251 e. The molecule has 0 bridgehead atoms. The first kappa shape index (κ1) is 23.7. The molecule has 0 radical (unpaired) electrons. The minimum absolute atomic E-state index is 0.0407. The lowest BCUT2D eigenvalue weighted by Gasteiger charge is -2.34. The van der Waals surface area contributed by atoms with Gasteiger partial charge in [-0.2, -0.15) is 4.31 Å². The van der Waals surface area contributed by atoms with Crippen molar-refractivity contribution >= 4 is 21.7 Å². The summed E-state index contributed by atoms with van der Waals surface area (Å²) in [4.78, 5) is 23.0. The second-order valence-electron chi connectivity index (χ2n) is 7.91. The fraction of sp³-hybridized carbons (Fsp3) is 0.348. The molecule has 3 heterocycles. The number of nitrogens with one attached hydrogen (secondary N) is 1. The predicted octanol–water partition coefficient (Wildman–Crippen LogP) is 1.28. The van der Waals surface area contributed by atoms with Crippen LogP contribution in [0.3, 0.4) is 0 Å². The Balaban J connectivity index is 1.21. The van der Waals surface area contributed by atoms with Crippen molar-refractivity contribution < 1.29 is 17.9 Å². The van der Waals surface area contributed by atoms with Crippen molar-refractivity contribution in [2.45, 2.75) is 6.61 Å². The van der Waals surface area contributed by atoms with Crippen LogP contribution in [0, 0.1) is 0 Å². The summed E-state index contributed by atoms with van der Waals surface area (Å²) in [7, 11) is -1.57. The molecule has 0 spiro atoms. The summed E-state index contributed by atoms with van der Waals surface area (Å²) in [5, 5.41) is 2.69. The van der Waals surface area contributed by atoms with E-state index in [1.165, 1.54) is 4.31 Å². The van der Waals surface area contributed by atoms with Crippen molar-refractivity contribution in [3.05, 3.63) is 72.4 Å². The number of amides is 1. The van der Waals surface area contributed by atoms with Crippen LogP contribution in [0.1, 0.15) is 16.2 Å². The molecular weight excluding hydrogens is 456 g/mol. The van der Waals surface area contributed by atoms with E-state index in [0.29, 0.717) is 44.1 Å². The zero-order valence-corrected chi connectivity index (χ0v) is 19.8. The standard InChI is InChI=1S/C23H28N6O4S/c1-27-12-10-25-22(27)18-33-20-7-5-19(6-8-20)23(30)26-11-17-34(31,32)29-15-13-28(14-16-29)21-4-2-3-9-24-21/h2-10,12H,11,13-18H2,1H3,(H,26,30). The highest BCUT2D eigenvalue weighted by Gasteiger charge is 2.27. The van der Waals surface area contributed by atoms with Gasteiger partial charge < -0.3 is 19.5 Å². The van der Waals surface area contributed by atoms with Crippen LogP contribution in [-0.4, -0.2) is 71.6 Å². The maximum atomic E-state index is 12.7. The Bertz CT molecular complexity index is 1190. The van der Waals surface area contributed by atoms with Gasteiger partial charge in [0.15, 0.2) is 0 Å². The van der Waals surface area contributed by atoms with Crippen molar-refractivity contribution in [1.29, 1.82) is 0 Å². The first-order chi connectivity index (χ1) is 16.4. The molecule has 0 unspecified atom stereocenters. The summed E-state index contributed by atoms with van der Waals surface area (Å²) in [5.41, 5.74) is 0.436. The Morgan fingerprint density at radius 2 is 1.79 bits per heavy atom. The van der Waals surface area contributed by atoms with Crippen molar-refractivity contribution in [3.63, 3.8) is 0 Å². The molecule has 0 aliphatic carbocycles. The quantitative estimate of drug-likeness (QED) is 0.487. The van der Waals surface area contributed by atoms with Gasteiger partial charge in [-0.25, -0.2) is 18.4 Å². The van der Waals surface area contributed by atoms with E-state index < -0.39 is 10.0 Å². The van der Waals surface area contributed by atoms with Crippen LogP contribution in [0.2, 0.25) is 0 Å². The highest BCUT2D eigenvalue weighted by molar-refractivity contribution is 7.89. The number of imidazole rings is 1. The highest BCUT2D eigenvalue weighted by atomic mass is 32.2. The molecule has 4 rings (SSSR count). The third kappa shape index (κ3) is 5.91. The summed E-state index contributed by atoms with van der Waals surface area (Å²) >= 11 is 0. The number of piperazine rings is 1. The Morgan fingerprint density at radius 1 is 1.03 bits per heavy atom. The summed E-state index contributed by atoms with van der Waals surface area (Å²) in [5.74, 6) is 1.78. The number of hydrogen-bond acceptors (Lipinski definition) is 7. The van der Waals surface area contributed by atoms with Gasteiger partial charge in [0, 0.05) is 63.9 Å². The molecule has 180 valence electrons. The number of anilines is 1. The lowest BCUT2D eigenvalue weighted by molar-refractivity contribution is 0.0956. The second kappa shape index (κ2) is 10.7. The maximum absolute atomic E-state index is 12.7. The Hall–Kier alpha value is -3.44. The Labute approximate surface area is 199 Å². The van der Waals surface area contributed by atoms with Gasteiger partial charge in [-0.3, -0.25) is 4.79 Å². The number of sulfonamides is 1. The number of nitrogens with zero attached hydrogens (tertiary/aromatic N) is 5. The van der Waals surface area contributed by atoms with E-state index in [1.807, 2.05) is 36.0 Å². The van der Waals surface area contributed by atoms with E-state index >= 15 is 0 Å². The van der Waals surface area contributed by atoms with Crippen molar-refractivity contribution in [3.8, 4) is 5.75 Å². The van der Waals surface area contributed by atoms with E-state index in [4.69, 9.17) is 4.74 Å². The van der Waals surface area contributed by atoms with Gasteiger partial charge in [0.05, 0.1) is 5.75 Å². The van der Waals surface area contributed by atoms with Crippen LogP contribution in [0.15, 0.2) is 61.1 Å². The molecule has 1 aliphatic heterocycles. The second-order valence-corrected chi connectivity index (χ2v) is 10.0. The van der Waals surface area contributed by atoms with E-state index in [-0.39, 0.29) is 18.2 Å². The first-order valence-corrected chi connectivity index (χ1v) is 12.6. The monoisotopic (exact) mass is 484 g/mol. The lowest BCUT2D eigenvalue weighted by atomic mass is 10.2. The van der Waals surface area contributed by atoms with Crippen LogP contribution in [0.25, 0.3) is 0 Å². The number of aryl methyl sites for hydroxylation is 1. The van der Waals surface area contributed by atoms with Crippen LogP contribution < -0.4 is 15.0 Å². The molecule has 34 heavy (non-hydrogen) atoms. The average molecular weight is 485 g/mol. The third-order valence-corrected chi connectivity index (χ3v) is 7.53. The molecule has 10 nitrogen and oxygen atoms in total. The van der Waals surface area contributed by atoms with E-state index in [0.717, 1.165) is 11.6 Å². The lowest BCUT2D eigenvalue weighted by Crippen LogP contribution is -2.50. The van der Waals surface area contributed by atoms with Crippen LogP contribution in [0.5, 0.6) is 5.75 Å². The van der Waals surface area contributed by atoms with Gasteiger partial charge in [0.2, 0.25) is 10.0 Å². The molecule has 1 fully saturated rings. The first-order valence-electron chi connectivity index (χ1n) is 11.0. The number of benzene rings is 1. The highest BCUT2D eigenvalue weighted by Crippen LogP contribution is 2.16. The molecule has 1 saturated heterocycles. The van der Waals surface area contributed by atoms with Crippen molar-refractivity contribution in [1.82, 2.24) is 24.2 Å². The van der Waals surface area contributed by atoms with Crippen molar-refractivity contribution in [2.24, 2.45) is 7.05 Å². The third-order valence-electron chi connectivity index (χ3n) is 5.66. The molecule has 3 aromatic rings. The van der Waals surface area contributed by atoms with Gasteiger partial charge in [-0.1, -0.05) is 6.07 Å². The number of hydrogen-bond donors (Lipinski definition) is 1. The van der Waals surface area contributed by atoms with Gasteiger partial charge in [0.1, 0.15) is 24.0 Å². The van der Waals surface area contributed by atoms with Gasteiger partial charge >= 0.3 is 0 Å². The van der Waals surface area contributed by atoms with Crippen LogP contribution in [-0.2, 0) is 23.7 Å². The number of rotatable bonds is 9. The fourth-order valence-corrected chi connectivity index (χ4v) is 4.98. The predicted molar refractivity (Wildman–Crippen MR) is 128 cm³/mol. The molecule has 1 N–H and O–H groups in total.